The van der Waals surface area contributed by atoms with Gasteiger partial charge in [0.2, 0.25) is 6.71 Å². The molecule has 0 bridgehead atoms. The Bertz CT molecular complexity index is 286. The Kier molecular flexibility index (Phi) is 2.68. The van der Waals surface area contributed by atoms with E-state index in [1.807, 2.05) is 0 Å². The van der Waals surface area contributed by atoms with Crippen LogP contribution in [0, 0.1) is 10.8 Å². The zero-order valence-electron chi connectivity index (χ0n) is 10.6. The summed E-state index contributed by atoms with van der Waals surface area (Å²) in [7, 11) is 0. The molecule has 0 N–H and O–H groups in total. The Morgan fingerprint density at radius 3 is 1.71 bits per heavy atom. The van der Waals surface area contributed by atoms with Gasteiger partial charge in [-0.3, -0.25) is 4.99 Å². The summed E-state index contributed by atoms with van der Waals surface area (Å²) in [5.74, 6) is 2.31. The van der Waals surface area contributed by atoms with Gasteiger partial charge in [-0.05, 0) is 11.0 Å². The predicted octanol–water partition coefficient (Wildman–Crippen LogP) is 3.62. The van der Waals surface area contributed by atoms with Crippen LogP contribution in [0.3, 0.4) is 0 Å². The van der Waals surface area contributed by atoms with Crippen LogP contribution < -0.4 is 0 Å². The van der Waals surface area contributed by atoms with Crippen LogP contribution in [0.25, 0.3) is 0 Å². The van der Waals surface area contributed by atoms with E-state index in [1.165, 1.54) is 11.3 Å². The van der Waals surface area contributed by atoms with Crippen LogP contribution in [0.5, 0.6) is 0 Å². The summed E-state index contributed by atoms with van der Waals surface area (Å²) in [6.45, 7) is 16.1. The summed E-state index contributed by atoms with van der Waals surface area (Å²) >= 11 is 0. The van der Waals surface area contributed by atoms with Gasteiger partial charge in [-0.2, -0.15) is 0 Å². The third kappa shape index (κ3) is 2.28. The predicted molar refractivity (Wildman–Crippen MR) is 66.0 cm³/mol. The first-order valence-electron chi connectivity index (χ1n) is 5.44. The number of hydrogen-bond donors (Lipinski definition) is 0. The van der Waals surface area contributed by atoms with Gasteiger partial charge in [0.15, 0.2) is 0 Å². The average molecular weight is 191 g/mol. The number of nitrogens with zero attached hydrogens (tertiary/aromatic N) is 1. The molecule has 0 amide bonds. The fourth-order valence-electron chi connectivity index (χ4n) is 1.85. The Balaban J connectivity index is 2.99. The molecule has 0 aromatic rings. The van der Waals surface area contributed by atoms with E-state index in [4.69, 9.17) is 4.99 Å². The van der Waals surface area contributed by atoms with Crippen LogP contribution in [0.2, 0.25) is 6.82 Å². The fourth-order valence-corrected chi connectivity index (χ4v) is 1.85. The van der Waals surface area contributed by atoms with Crippen molar-refractivity contribution in [2.24, 2.45) is 15.8 Å². The molecule has 0 radical (unpaired) electrons. The molecule has 14 heavy (non-hydrogen) atoms. The van der Waals surface area contributed by atoms with Gasteiger partial charge < -0.3 is 0 Å². The average Bonchev–Trinajstić information content (AvgIpc) is 2.27. The second kappa shape index (κ2) is 3.25. The van der Waals surface area contributed by atoms with Crippen LogP contribution >= 0.6 is 0 Å². The summed E-state index contributed by atoms with van der Waals surface area (Å²) < 4.78 is 0. The van der Waals surface area contributed by atoms with Gasteiger partial charge in [-0.25, -0.2) is 0 Å². The highest BCUT2D eigenvalue weighted by Gasteiger charge is 2.32. The van der Waals surface area contributed by atoms with Crippen LogP contribution in [-0.2, 0) is 0 Å². The highest BCUT2D eigenvalue weighted by molar-refractivity contribution is 6.95. The van der Waals surface area contributed by atoms with Gasteiger partial charge in [-0.15, -0.1) is 0 Å². The van der Waals surface area contributed by atoms with Gasteiger partial charge in [0.1, 0.15) is 0 Å². The molecule has 78 valence electrons. The zero-order chi connectivity index (χ0) is 11.1. The molecule has 1 nitrogen and oxygen atoms in total. The summed E-state index contributed by atoms with van der Waals surface area (Å²) in [4.78, 5) is 4.79. The third-order valence-electron chi connectivity index (χ3n) is 2.62. The molecule has 2 heteroatoms. The second-order valence-corrected chi connectivity index (χ2v) is 6.34. The molecule has 0 aromatic heterocycles. The van der Waals surface area contributed by atoms with E-state index < -0.39 is 0 Å². The van der Waals surface area contributed by atoms with E-state index >= 15 is 0 Å². The van der Waals surface area contributed by atoms with Crippen molar-refractivity contribution in [2.45, 2.75) is 48.4 Å². The third-order valence-corrected chi connectivity index (χ3v) is 2.62. The molecule has 0 fully saturated rings. The van der Waals surface area contributed by atoms with E-state index in [0.717, 1.165) is 0 Å². The van der Waals surface area contributed by atoms with Crippen molar-refractivity contribution in [2.75, 3.05) is 0 Å². The van der Waals surface area contributed by atoms with Crippen molar-refractivity contribution >= 4 is 12.3 Å². The molecule has 0 spiro atoms. The summed E-state index contributed by atoms with van der Waals surface area (Å²) in [6.07, 6.45) is 0. The molecule has 1 rings (SSSR count). The van der Waals surface area contributed by atoms with Gasteiger partial charge >= 0.3 is 0 Å². The number of rotatable bonds is 0. The SMILES string of the molecule is CB1C=C(C(C)(C)C)N=C1C(C)(C)C. The molecule has 1 aliphatic rings. The molecule has 0 atom stereocenters. The van der Waals surface area contributed by atoms with Crippen LogP contribution in [0.4, 0.5) is 0 Å². The maximum atomic E-state index is 4.79. The number of hydrogen-bond acceptors (Lipinski definition) is 1. The van der Waals surface area contributed by atoms with Crippen molar-refractivity contribution in [1.82, 2.24) is 0 Å². The maximum absolute atomic E-state index is 4.79. The van der Waals surface area contributed by atoms with Crippen LogP contribution in [0.1, 0.15) is 41.5 Å². The molecule has 1 aliphatic heterocycles. The minimum absolute atomic E-state index is 0.182. The van der Waals surface area contributed by atoms with Crippen LogP contribution in [0.15, 0.2) is 16.7 Å². The molecule has 1 heterocycles. The van der Waals surface area contributed by atoms with E-state index in [2.05, 4.69) is 54.3 Å². The maximum Gasteiger partial charge on any atom is 0.219 e. The summed E-state index contributed by atoms with van der Waals surface area (Å²) in [5.41, 5.74) is 2.95. The van der Waals surface area contributed by atoms with Gasteiger partial charge in [0.05, 0.1) is 0 Å². The lowest BCUT2D eigenvalue weighted by atomic mass is 9.44. The van der Waals surface area contributed by atoms with Gasteiger partial charge in [0, 0.05) is 11.1 Å². The molecule has 0 saturated heterocycles. The minimum atomic E-state index is 0.182. The van der Waals surface area contributed by atoms with Crippen molar-refractivity contribution in [3.8, 4) is 0 Å². The molecule has 0 aliphatic carbocycles. The smallest absolute Gasteiger partial charge is 0.219 e. The van der Waals surface area contributed by atoms with Crippen molar-refractivity contribution in [3.63, 3.8) is 0 Å². The Labute approximate surface area is 88.8 Å². The standard InChI is InChI=1S/C12H22BN/c1-11(2,3)9-8-13(7)10(14-9)12(4,5)6/h8H,1-7H3. The normalized spacial score (nSPS) is 18.4. The molecule has 0 unspecified atom stereocenters. The first kappa shape index (κ1) is 11.5. The quantitative estimate of drug-likeness (QED) is 0.518. The second-order valence-electron chi connectivity index (χ2n) is 6.34. The highest BCUT2D eigenvalue weighted by atomic mass is 14.8. The molecule has 0 aromatic carbocycles. The number of aliphatic imine (C=N–C) groups is 1. The van der Waals surface area contributed by atoms with Crippen molar-refractivity contribution in [3.05, 3.63) is 11.7 Å². The lowest BCUT2D eigenvalue weighted by molar-refractivity contribution is 0.498. The molecular weight excluding hydrogens is 169 g/mol. The Morgan fingerprint density at radius 1 is 1.00 bits per heavy atom. The topological polar surface area (TPSA) is 12.4 Å². The van der Waals surface area contributed by atoms with E-state index in [9.17, 15) is 0 Å². The van der Waals surface area contributed by atoms with Gasteiger partial charge in [0.25, 0.3) is 0 Å². The van der Waals surface area contributed by atoms with Crippen molar-refractivity contribution < 1.29 is 0 Å². The van der Waals surface area contributed by atoms with Crippen LogP contribution in [-0.4, -0.2) is 12.3 Å². The van der Waals surface area contributed by atoms with E-state index in [1.54, 1.807) is 0 Å². The van der Waals surface area contributed by atoms with Crippen molar-refractivity contribution in [1.29, 1.82) is 0 Å². The Morgan fingerprint density at radius 2 is 1.50 bits per heavy atom. The number of allylic oxidation sites excluding steroid dienone is 1. The first-order valence-corrected chi connectivity index (χ1v) is 5.44. The Hall–Kier alpha value is -0.525. The monoisotopic (exact) mass is 191 g/mol. The summed E-state index contributed by atoms with van der Waals surface area (Å²) in [6, 6.07) is 0. The summed E-state index contributed by atoms with van der Waals surface area (Å²) in [5, 5.41) is 0. The molecule has 0 saturated carbocycles. The highest BCUT2D eigenvalue weighted by Crippen LogP contribution is 2.33. The minimum Gasteiger partial charge on any atom is -0.272 e. The fraction of sp³-hybridized carbons (Fsp3) is 0.750. The van der Waals surface area contributed by atoms with E-state index in [0.29, 0.717) is 6.71 Å². The lowest BCUT2D eigenvalue weighted by Gasteiger charge is -2.22. The first-order chi connectivity index (χ1) is 6.12. The lowest BCUT2D eigenvalue weighted by Crippen LogP contribution is -2.30. The molecular formula is C12H22BN. The zero-order valence-corrected chi connectivity index (χ0v) is 10.6. The largest absolute Gasteiger partial charge is 0.272 e. The van der Waals surface area contributed by atoms with E-state index in [-0.39, 0.29) is 10.8 Å². The van der Waals surface area contributed by atoms with Gasteiger partial charge in [-0.1, -0.05) is 54.3 Å².